The summed E-state index contributed by atoms with van der Waals surface area (Å²) < 4.78 is 0. The maximum absolute atomic E-state index is 13.4. The molecule has 5 amide bonds. The van der Waals surface area contributed by atoms with E-state index in [9.17, 15) is 19.2 Å². The number of hydrogen-bond acceptors (Lipinski definition) is 4. The molecule has 3 atom stereocenters. The van der Waals surface area contributed by atoms with Crippen molar-refractivity contribution >= 4 is 29.4 Å². The number of fused-ring (bicyclic) bond motifs is 1. The van der Waals surface area contributed by atoms with E-state index < -0.39 is 6.03 Å². The molecule has 1 aromatic rings. The highest BCUT2D eigenvalue weighted by Gasteiger charge is 2.49. The minimum Gasteiger partial charge on any atom is -0.353 e. The molecule has 158 valence electrons. The third kappa shape index (κ3) is 3.44. The lowest BCUT2D eigenvalue weighted by molar-refractivity contribution is -0.136. The summed E-state index contributed by atoms with van der Waals surface area (Å²) in [6.07, 6.45) is 4.18. The summed E-state index contributed by atoms with van der Waals surface area (Å²) in [5, 5.41) is 5.42. The van der Waals surface area contributed by atoms with Crippen LogP contribution in [0.1, 0.15) is 42.5 Å². The van der Waals surface area contributed by atoms with Gasteiger partial charge in [0.25, 0.3) is 5.91 Å². The summed E-state index contributed by atoms with van der Waals surface area (Å²) in [6, 6.07) is 6.89. The number of carbonyl (C=O) groups is 4. The normalized spacial score (nSPS) is 28.3. The largest absolute Gasteiger partial charge is 0.353 e. The SMILES string of the molecule is O=C1CCN(c2ccccc2C(=O)N2CC[C@@H]3C[C@@H](C(=O)NC4CC4)[C@@H]3C2)C(=O)N1. The fourth-order valence-corrected chi connectivity index (χ4v) is 4.96. The van der Waals surface area contributed by atoms with Crippen LogP contribution < -0.4 is 15.5 Å². The Balaban J connectivity index is 1.31. The van der Waals surface area contributed by atoms with Crippen LogP contribution in [0, 0.1) is 17.8 Å². The van der Waals surface area contributed by atoms with Crippen molar-refractivity contribution in [2.75, 3.05) is 24.5 Å². The van der Waals surface area contributed by atoms with Gasteiger partial charge < -0.3 is 10.2 Å². The Kier molecular flexibility index (Phi) is 4.72. The number of anilines is 1. The van der Waals surface area contributed by atoms with Crippen LogP contribution in [0.3, 0.4) is 0 Å². The fourth-order valence-electron chi connectivity index (χ4n) is 4.96. The van der Waals surface area contributed by atoms with Gasteiger partial charge in [-0.05, 0) is 49.7 Å². The van der Waals surface area contributed by atoms with E-state index >= 15 is 0 Å². The van der Waals surface area contributed by atoms with Crippen LogP contribution >= 0.6 is 0 Å². The Labute approximate surface area is 175 Å². The first-order chi connectivity index (χ1) is 14.5. The first kappa shape index (κ1) is 19.1. The topological polar surface area (TPSA) is 98.8 Å². The van der Waals surface area contributed by atoms with Crippen molar-refractivity contribution in [3.8, 4) is 0 Å². The van der Waals surface area contributed by atoms with E-state index in [0.717, 1.165) is 25.7 Å². The molecular formula is C22H26N4O4. The van der Waals surface area contributed by atoms with Crippen LogP contribution in [0.25, 0.3) is 0 Å². The molecule has 2 aliphatic carbocycles. The third-order valence-electron chi connectivity index (χ3n) is 6.91. The Bertz CT molecular complexity index is 912. The number of benzene rings is 1. The summed E-state index contributed by atoms with van der Waals surface area (Å²) >= 11 is 0. The van der Waals surface area contributed by atoms with E-state index in [1.54, 1.807) is 24.3 Å². The standard InChI is InChI=1S/C22H26N4O4/c27-19-8-10-26(22(30)24-19)18-4-2-1-3-15(18)21(29)25-9-7-13-11-16(17(13)12-25)20(28)23-14-5-6-14/h1-4,13-14,16-17H,5-12H2,(H,23,28)(H,24,27,30)/t13-,16-,17-/m1/s1. The van der Waals surface area contributed by atoms with E-state index in [0.29, 0.717) is 36.3 Å². The van der Waals surface area contributed by atoms with Crippen LogP contribution in [0.5, 0.6) is 0 Å². The zero-order chi connectivity index (χ0) is 20.8. The van der Waals surface area contributed by atoms with Gasteiger partial charge in [0.05, 0.1) is 11.3 Å². The van der Waals surface area contributed by atoms with Gasteiger partial charge >= 0.3 is 6.03 Å². The van der Waals surface area contributed by atoms with Gasteiger partial charge in [-0.3, -0.25) is 24.6 Å². The molecule has 0 spiro atoms. The van der Waals surface area contributed by atoms with Gasteiger partial charge in [0.1, 0.15) is 0 Å². The van der Waals surface area contributed by atoms with Crippen molar-refractivity contribution in [2.24, 2.45) is 17.8 Å². The van der Waals surface area contributed by atoms with Gasteiger partial charge in [-0.2, -0.15) is 0 Å². The number of carbonyl (C=O) groups excluding carboxylic acids is 4. The fraction of sp³-hybridized carbons (Fsp3) is 0.545. The molecule has 2 saturated heterocycles. The second-order valence-electron chi connectivity index (χ2n) is 8.86. The monoisotopic (exact) mass is 410 g/mol. The summed E-state index contributed by atoms with van der Waals surface area (Å²) in [5.41, 5.74) is 0.977. The van der Waals surface area contributed by atoms with Gasteiger partial charge in [-0.25, -0.2) is 4.79 Å². The molecule has 2 aliphatic heterocycles. The smallest absolute Gasteiger partial charge is 0.328 e. The highest BCUT2D eigenvalue weighted by Crippen LogP contribution is 2.46. The van der Waals surface area contributed by atoms with Crippen molar-refractivity contribution < 1.29 is 19.2 Å². The number of amides is 5. The number of para-hydroxylation sites is 1. The lowest BCUT2D eigenvalue weighted by Crippen LogP contribution is -2.56. The second-order valence-corrected chi connectivity index (χ2v) is 8.86. The molecule has 8 nitrogen and oxygen atoms in total. The molecule has 1 aromatic carbocycles. The first-order valence-electron chi connectivity index (χ1n) is 10.8. The lowest BCUT2D eigenvalue weighted by Gasteiger charge is -2.50. The molecule has 2 saturated carbocycles. The minimum atomic E-state index is -0.499. The molecule has 0 bridgehead atoms. The number of nitrogens with zero attached hydrogens (tertiary/aromatic N) is 2. The summed E-state index contributed by atoms with van der Waals surface area (Å²) in [5.74, 6) is 0.440. The van der Waals surface area contributed by atoms with E-state index in [1.165, 1.54) is 4.90 Å². The van der Waals surface area contributed by atoms with Crippen molar-refractivity contribution in [3.63, 3.8) is 0 Å². The number of hydrogen-bond donors (Lipinski definition) is 2. The molecule has 5 rings (SSSR count). The quantitative estimate of drug-likeness (QED) is 0.786. The Hall–Kier alpha value is -2.90. The van der Waals surface area contributed by atoms with Crippen molar-refractivity contribution in [3.05, 3.63) is 29.8 Å². The Morgan fingerprint density at radius 3 is 2.63 bits per heavy atom. The molecular weight excluding hydrogens is 384 g/mol. The maximum atomic E-state index is 13.4. The van der Waals surface area contributed by atoms with E-state index in [4.69, 9.17) is 0 Å². The summed E-state index contributed by atoms with van der Waals surface area (Å²) in [6.45, 7) is 1.49. The molecule has 2 N–H and O–H groups in total. The molecule has 4 fully saturated rings. The van der Waals surface area contributed by atoms with Crippen LogP contribution in [0.2, 0.25) is 0 Å². The Morgan fingerprint density at radius 1 is 1.07 bits per heavy atom. The second kappa shape index (κ2) is 7.41. The molecule has 4 aliphatic rings. The average molecular weight is 410 g/mol. The van der Waals surface area contributed by atoms with Gasteiger partial charge in [-0.1, -0.05) is 12.1 Å². The van der Waals surface area contributed by atoms with Crippen LogP contribution in [-0.2, 0) is 9.59 Å². The zero-order valence-corrected chi connectivity index (χ0v) is 16.8. The van der Waals surface area contributed by atoms with Crippen LogP contribution in [-0.4, -0.2) is 54.3 Å². The van der Waals surface area contributed by atoms with Crippen LogP contribution in [0.4, 0.5) is 10.5 Å². The average Bonchev–Trinajstić information content (AvgIpc) is 3.52. The summed E-state index contributed by atoms with van der Waals surface area (Å²) in [4.78, 5) is 52.9. The number of piperidine rings is 1. The number of nitrogens with one attached hydrogen (secondary N) is 2. The van der Waals surface area contributed by atoms with E-state index in [1.807, 2.05) is 4.90 Å². The van der Waals surface area contributed by atoms with E-state index in [2.05, 4.69) is 10.6 Å². The van der Waals surface area contributed by atoms with Crippen molar-refractivity contribution in [2.45, 2.75) is 38.1 Å². The lowest BCUT2D eigenvalue weighted by atomic mass is 9.61. The highest BCUT2D eigenvalue weighted by molar-refractivity contribution is 6.09. The highest BCUT2D eigenvalue weighted by atomic mass is 16.2. The molecule has 8 heteroatoms. The molecule has 0 radical (unpaired) electrons. The molecule has 0 aromatic heterocycles. The number of rotatable bonds is 4. The summed E-state index contributed by atoms with van der Waals surface area (Å²) in [7, 11) is 0. The van der Waals surface area contributed by atoms with Gasteiger partial charge in [0.2, 0.25) is 11.8 Å². The zero-order valence-electron chi connectivity index (χ0n) is 16.8. The van der Waals surface area contributed by atoms with Crippen LogP contribution in [0.15, 0.2) is 24.3 Å². The molecule has 2 heterocycles. The third-order valence-corrected chi connectivity index (χ3v) is 6.91. The maximum Gasteiger partial charge on any atom is 0.328 e. The predicted octanol–water partition coefficient (Wildman–Crippen LogP) is 1.51. The van der Waals surface area contributed by atoms with Crippen molar-refractivity contribution in [1.82, 2.24) is 15.5 Å². The number of imide groups is 1. The number of urea groups is 1. The van der Waals surface area contributed by atoms with Gasteiger partial charge in [-0.15, -0.1) is 0 Å². The van der Waals surface area contributed by atoms with E-state index in [-0.39, 0.29) is 42.5 Å². The number of likely N-dealkylation sites (tertiary alicyclic amines) is 1. The predicted molar refractivity (Wildman–Crippen MR) is 109 cm³/mol. The molecule has 30 heavy (non-hydrogen) atoms. The Morgan fingerprint density at radius 2 is 1.87 bits per heavy atom. The van der Waals surface area contributed by atoms with Crippen molar-refractivity contribution in [1.29, 1.82) is 0 Å². The molecule has 0 unspecified atom stereocenters. The van der Waals surface area contributed by atoms with Gasteiger partial charge in [0, 0.05) is 38.0 Å². The van der Waals surface area contributed by atoms with Gasteiger partial charge in [0.15, 0.2) is 0 Å². The first-order valence-corrected chi connectivity index (χ1v) is 10.8. The minimum absolute atomic E-state index is 0.000304.